The average Bonchev–Trinajstić information content (AvgIpc) is 1.97. The fourth-order valence-electron chi connectivity index (χ4n) is 0.220. The van der Waals surface area contributed by atoms with Crippen LogP contribution in [0.4, 0.5) is 0 Å². The third kappa shape index (κ3) is 5.50. The Balaban J connectivity index is 3.24. The molecule has 0 aromatic heterocycles. The zero-order valence-electron chi connectivity index (χ0n) is 5.06. The molecule has 0 amide bonds. The molecule has 6 heteroatoms. The molecule has 10 heavy (non-hydrogen) atoms. The average molecular weight is 165 g/mol. The van der Waals surface area contributed by atoms with Crippen molar-refractivity contribution >= 4 is 20.8 Å². The maximum absolute atomic E-state index is 10.3. The van der Waals surface area contributed by atoms with E-state index < -0.39 is 8.25 Å². The van der Waals surface area contributed by atoms with E-state index in [9.17, 15) is 14.2 Å². The lowest BCUT2D eigenvalue weighted by Gasteiger charge is -1.78. The minimum absolute atomic E-state index is 0.284. The van der Waals surface area contributed by atoms with Crippen molar-refractivity contribution in [1.29, 1.82) is 0 Å². The van der Waals surface area contributed by atoms with E-state index in [-0.39, 0.29) is 13.2 Å². The molecule has 0 saturated carbocycles. The van der Waals surface area contributed by atoms with Gasteiger partial charge in [0.1, 0.15) is 0 Å². The summed E-state index contributed by atoms with van der Waals surface area (Å²) in [6.07, 6.45) is 0.884. The van der Waals surface area contributed by atoms with E-state index in [1.807, 2.05) is 0 Å². The van der Waals surface area contributed by atoms with Crippen LogP contribution in [0.2, 0.25) is 0 Å². The molecule has 0 spiro atoms. The van der Waals surface area contributed by atoms with Gasteiger partial charge in [0.05, 0.1) is 0 Å². The van der Waals surface area contributed by atoms with Gasteiger partial charge in [-0.2, -0.15) is 0 Å². The normalized spacial score (nSPS) is 8.80. The van der Waals surface area contributed by atoms with Gasteiger partial charge in [-0.15, -0.1) is 9.05 Å². The molecule has 0 atom stereocenters. The van der Waals surface area contributed by atoms with Crippen LogP contribution in [0.1, 0.15) is 0 Å². The van der Waals surface area contributed by atoms with Crippen molar-refractivity contribution < 1.29 is 23.2 Å². The molecule has 0 aliphatic carbocycles. The Bertz CT molecular complexity index is 120. The first-order valence-electron chi connectivity index (χ1n) is 2.41. The Morgan fingerprint density at radius 3 is 1.80 bits per heavy atom. The van der Waals surface area contributed by atoms with Crippen LogP contribution in [-0.4, -0.2) is 25.8 Å². The Labute approximate surface area is 58.3 Å². The minimum Gasteiger partial charge on any atom is -0.301 e. The van der Waals surface area contributed by atoms with E-state index in [4.69, 9.17) is 0 Å². The van der Waals surface area contributed by atoms with Crippen molar-refractivity contribution in [3.63, 3.8) is 0 Å². The molecule has 0 aliphatic rings. The van der Waals surface area contributed by atoms with Crippen LogP contribution in [0.25, 0.3) is 0 Å². The van der Waals surface area contributed by atoms with Gasteiger partial charge in [0.25, 0.3) is 0 Å². The molecule has 0 rings (SSSR count). The second kappa shape index (κ2) is 6.48. The Hall–Kier alpha value is -0.640. The third-order valence-electron chi connectivity index (χ3n) is 0.496. The van der Waals surface area contributed by atoms with Crippen LogP contribution >= 0.6 is 8.25 Å². The highest BCUT2D eigenvalue weighted by atomic mass is 31.1. The van der Waals surface area contributed by atoms with Gasteiger partial charge in [0.15, 0.2) is 25.8 Å². The van der Waals surface area contributed by atoms with Crippen LogP contribution < -0.4 is 0 Å². The second-order valence-corrected chi connectivity index (χ2v) is 2.11. The Morgan fingerprint density at radius 2 is 1.50 bits per heavy atom. The zero-order valence-corrected chi connectivity index (χ0v) is 5.95. The van der Waals surface area contributed by atoms with E-state index in [2.05, 4.69) is 9.05 Å². The summed E-state index contributed by atoms with van der Waals surface area (Å²) in [6, 6.07) is 0. The molecule has 0 unspecified atom stereocenters. The summed E-state index contributed by atoms with van der Waals surface area (Å²) in [6.45, 7) is -0.567. The molecule has 0 fully saturated rings. The second-order valence-electron chi connectivity index (χ2n) is 1.15. The first kappa shape index (κ1) is 9.36. The molecule has 56 valence electrons. The van der Waals surface area contributed by atoms with Crippen molar-refractivity contribution in [2.45, 2.75) is 0 Å². The van der Waals surface area contributed by atoms with Crippen molar-refractivity contribution in [2.75, 3.05) is 13.2 Å². The third-order valence-corrected chi connectivity index (χ3v) is 1.22. The standard InChI is InChI=1S/C4H6O5P/c5-1-3-8-10(7)9-4-2-6/h1-2H,3-4H2/q+1. The van der Waals surface area contributed by atoms with Crippen LogP contribution in [0.3, 0.4) is 0 Å². The van der Waals surface area contributed by atoms with E-state index in [0.717, 1.165) is 0 Å². The number of carbonyl (C=O) groups excluding carboxylic acids is 2. The monoisotopic (exact) mass is 165 g/mol. The van der Waals surface area contributed by atoms with Gasteiger partial charge < -0.3 is 9.59 Å². The predicted octanol–water partition coefficient (Wildman–Crippen LogP) is 0.0748. The van der Waals surface area contributed by atoms with Gasteiger partial charge in [-0.25, -0.2) is 0 Å². The minimum atomic E-state index is -2.30. The van der Waals surface area contributed by atoms with Gasteiger partial charge in [0, 0.05) is 4.57 Å². The van der Waals surface area contributed by atoms with Crippen molar-refractivity contribution in [1.82, 2.24) is 0 Å². The van der Waals surface area contributed by atoms with E-state index in [0.29, 0.717) is 12.6 Å². The maximum atomic E-state index is 10.3. The first-order valence-corrected chi connectivity index (χ1v) is 3.51. The van der Waals surface area contributed by atoms with Crippen molar-refractivity contribution in [2.24, 2.45) is 0 Å². The number of aldehydes is 2. The highest BCUT2D eigenvalue weighted by Gasteiger charge is 2.18. The molecule has 0 heterocycles. The van der Waals surface area contributed by atoms with Gasteiger partial charge >= 0.3 is 8.25 Å². The number of hydrogen-bond donors (Lipinski definition) is 0. The van der Waals surface area contributed by atoms with E-state index in [1.165, 1.54) is 0 Å². The summed E-state index contributed by atoms with van der Waals surface area (Å²) in [4.78, 5) is 19.2. The fraction of sp³-hybridized carbons (Fsp3) is 0.500. The van der Waals surface area contributed by atoms with Crippen LogP contribution in [0.15, 0.2) is 0 Å². The summed E-state index contributed by atoms with van der Waals surface area (Å²) >= 11 is 0. The van der Waals surface area contributed by atoms with Gasteiger partial charge in [0.2, 0.25) is 0 Å². The number of hydrogen-bond acceptors (Lipinski definition) is 5. The van der Waals surface area contributed by atoms with E-state index in [1.54, 1.807) is 0 Å². The largest absolute Gasteiger partial charge is 0.698 e. The molecular weight excluding hydrogens is 159 g/mol. The van der Waals surface area contributed by atoms with Crippen LogP contribution in [0, 0.1) is 0 Å². The van der Waals surface area contributed by atoms with Crippen molar-refractivity contribution in [3.05, 3.63) is 0 Å². The smallest absolute Gasteiger partial charge is 0.301 e. The number of carbonyl (C=O) groups is 2. The van der Waals surface area contributed by atoms with Gasteiger partial charge in [-0.3, -0.25) is 0 Å². The lowest BCUT2D eigenvalue weighted by molar-refractivity contribution is -0.109. The Kier molecular flexibility index (Phi) is 6.06. The number of rotatable bonds is 6. The summed E-state index contributed by atoms with van der Waals surface area (Å²) in [5, 5.41) is 0. The molecule has 0 aromatic rings. The molecule has 5 nitrogen and oxygen atoms in total. The molecule has 0 bridgehead atoms. The topological polar surface area (TPSA) is 69.7 Å². The first-order chi connectivity index (χ1) is 4.81. The molecule has 0 aromatic carbocycles. The fourth-order valence-corrected chi connectivity index (χ4v) is 0.660. The maximum Gasteiger partial charge on any atom is 0.698 e. The molecule has 0 aliphatic heterocycles. The predicted molar refractivity (Wildman–Crippen MR) is 31.6 cm³/mol. The summed E-state index contributed by atoms with van der Waals surface area (Å²) in [7, 11) is -2.30. The van der Waals surface area contributed by atoms with Gasteiger partial charge in [-0.1, -0.05) is 0 Å². The SMILES string of the molecule is O=CCO[P+](=O)OCC=O. The summed E-state index contributed by atoms with van der Waals surface area (Å²) in [5.74, 6) is 0. The molecule has 0 radical (unpaired) electrons. The highest BCUT2D eigenvalue weighted by molar-refractivity contribution is 7.33. The Morgan fingerprint density at radius 1 is 1.10 bits per heavy atom. The molecular formula is C4H6O5P+. The summed E-state index contributed by atoms with van der Waals surface area (Å²) < 4.78 is 18.9. The lowest BCUT2D eigenvalue weighted by atomic mass is 10.9. The zero-order chi connectivity index (χ0) is 7.82. The van der Waals surface area contributed by atoms with Crippen molar-refractivity contribution in [3.8, 4) is 0 Å². The van der Waals surface area contributed by atoms with Gasteiger partial charge in [-0.05, 0) is 0 Å². The van der Waals surface area contributed by atoms with Crippen LogP contribution in [-0.2, 0) is 23.2 Å². The highest BCUT2D eigenvalue weighted by Crippen LogP contribution is 2.21. The lowest BCUT2D eigenvalue weighted by Crippen LogP contribution is -1.91. The van der Waals surface area contributed by atoms with Crippen LogP contribution in [0.5, 0.6) is 0 Å². The molecule has 0 N–H and O–H groups in total. The molecule has 0 saturated heterocycles. The quantitative estimate of drug-likeness (QED) is 0.411. The van der Waals surface area contributed by atoms with E-state index >= 15 is 0 Å². The summed E-state index contributed by atoms with van der Waals surface area (Å²) in [5.41, 5.74) is 0.